The monoisotopic (exact) mass is 157 g/mol. The van der Waals surface area contributed by atoms with E-state index in [9.17, 15) is 4.79 Å². The van der Waals surface area contributed by atoms with Gasteiger partial charge < -0.3 is 9.47 Å². The zero-order chi connectivity index (χ0) is 8.10. The molecule has 1 atom stereocenters. The Morgan fingerprint density at radius 3 is 2.64 bits per heavy atom. The minimum absolute atomic E-state index is 0.290. The largest absolute Gasteiger partial charge is 0.428 e. The van der Waals surface area contributed by atoms with Gasteiger partial charge in [0.05, 0.1) is 6.10 Å². The summed E-state index contributed by atoms with van der Waals surface area (Å²) in [4.78, 5) is 9.76. The predicted molar refractivity (Wildman–Crippen MR) is 39.6 cm³/mol. The lowest BCUT2D eigenvalue weighted by Crippen LogP contribution is -2.19. The van der Waals surface area contributed by atoms with Crippen molar-refractivity contribution >= 4 is 6.47 Å². The summed E-state index contributed by atoms with van der Waals surface area (Å²) in [5, 5.41) is 0. The lowest BCUT2D eigenvalue weighted by atomic mass is 10.3. The molecule has 1 unspecified atom stereocenters. The van der Waals surface area contributed by atoms with Gasteiger partial charge in [-0.1, -0.05) is 12.8 Å². The van der Waals surface area contributed by atoms with E-state index >= 15 is 0 Å². The SMILES string of the molecule is CC(O[C]=O)OC1CCCC1. The van der Waals surface area contributed by atoms with Crippen LogP contribution in [0, 0.1) is 0 Å². The van der Waals surface area contributed by atoms with Gasteiger partial charge in [-0.15, -0.1) is 0 Å². The molecule has 1 aliphatic carbocycles. The first-order chi connectivity index (χ1) is 5.33. The fraction of sp³-hybridized carbons (Fsp3) is 0.875. The van der Waals surface area contributed by atoms with E-state index in [1.807, 2.05) is 0 Å². The average molecular weight is 157 g/mol. The van der Waals surface area contributed by atoms with Crippen molar-refractivity contribution in [1.29, 1.82) is 0 Å². The summed E-state index contributed by atoms with van der Waals surface area (Å²) in [7, 11) is 0. The second kappa shape index (κ2) is 4.34. The number of rotatable bonds is 4. The summed E-state index contributed by atoms with van der Waals surface area (Å²) in [5.74, 6) is 0. The molecule has 3 heteroatoms. The Morgan fingerprint density at radius 1 is 1.45 bits per heavy atom. The standard InChI is InChI=1S/C8H13O3/c1-7(10-6-9)11-8-4-2-3-5-8/h7-8H,2-5H2,1H3. The van der Waals surface area contributed by atoms with Gasteiger partial charge >= 0.3 is 6.47 Å². The second-order valence-electron chi connectivity index (χ2n) is 2.81. The van der Waals surface area contributed by atoms with Crippen molar-refractivity contribution in [2.75, 3.05) is 0 Å². The van der Waals surface area contributed by atoms with E-state index < -0.39 is 6.29 Å². The van der Waals surface area contributed by atoms with Gasteiger partial charge in [0.25, 0.3) is 0 Å². The van der Waals surface area contributed by atoms with Gasteiger partial charge in [0.15, 0.2) is 0 Å². The summed E-state index contributed by atoms with van der Waals surface area (Å²) in [6, 6.07) is 0. The average Bonchev–Trinajstić information content (AvgIpc) is 2.40. The van der Waals surface area contributed by atoms with Crippen LogP contribution in [-0.4, -0.2) is 18.9 Å². The fourth-order valence-electron chi connectivity index (χ4n) is 1.39. The van der Waals surface area contributed by atoms with Gasteiger partial charge in [0.2, 0.25) is 6.29 Å². The summed E-state index contributed by atoms with van der Waals surface area (Å²) in [6.07, 6.45) is 4.48. The van der Waals surface area contributed by atoms with Gasteiger partial charge in [-0.2, -0.15) is 0 Å². The highest BCUT2D eigenvalue weighted by Gasteiger charge is 2.18. The third-order valence-corrected chi connectivity index (χ3v) is 1.90. The third-order valence-electron chi connectivity index (χ3n) is 1.90. The fourth-order valence-corrected chi connectivity index (χ4v) is 1.39. The molecule has 0 aliphatic heterocycles. The van der Waals surface area contributed by atoms with E-state index in [-0.39, 0.29) is 0 Å². The highest BCUT2D eigenvalue weighted by molar-refractivity contribution is 5.38. The van der Waals surface area contributed by atoms with Gasteiger partial charge in [0, 0.05) is 0 Å². The first-order valence-electron chi connectivity index (χ1n) is 4.01. The molecule has 1 saturated carbocycles. The van der Waals surface area contributed by atoms with Crippen molar-refractivity contribution in [3.8, 4) is 0 Å². The van der Waals surface area contributed by atoms with Crippen LogP contribution < -0.4 is 0 Å². The molecular formula is C8H13O3. The van der Waals surface area contributed by atoms with Crippen LogP contribution in [0.3, 0.4) is 0 Å². The zero-order valence-electron chi connectivity index (χ0n) is 6.71. The molecule has 0 N–H and O–H groups in total. The van der Waals surface area contributed by atoms with E-state index in [1.165, 1.54) is 19.3 Å². The maximum Gasteiger partial charge on any atom is 0.419 e. The van der Waals surface area contributed by atoms with Crippen LogP contribution in [0.5, 0.6) is 0 Å². The third kappa shape index (κ3) is 2.89. The van der Waals surface area contributed by atoms with Crippen molar-refractivity contribution in [2.24, 2.45) is 0 Å². The van der Waals surface area contributed by atoms with Gasteiger partial charge in [-0.3, -0.25) is 0 Å². The Balaban J connectivity index is 2.12. The molecule has 0 spiro atoms. The van der Waals surface area contributed by atoms with Gasteiger partial charge in [0.1, 0.15) is 0 Å². The van der Waals surface area contributed by atoms with Gasteiger partial charge in [-0.25, -0.2) is 4.79 Å². The molecule has 0 amide bonds. The molecule has 1 aliphatic rings. The van der Waals surface area contributed by atoms with Crippen molar-refractivity contribution in [1.82, 2.24) is 0 Å². The lowest BCUT2D eigenvalue weighted by molar-refractivity contribution is -0.112. The molecule has 11 heavy (non-hydrogen) atoms. The van der Waals surface area contributed by atoms with Crippen molar-refractivity contribution in [3.05, 3.63) is 0 Å². The first-order valence-corrected chi connectivity index (χ1v) is 4.01. The summed E-state index contributed by atoms with van der Waals surface area (Å²) in [5.41, 5.74) is 0. The lowest BCUT2D eigenvalue weighted by Gasteiger charge is -2.15. The first kappa shape index (κ1) is 8.53. The van der Waals surface area contributed by atoms with Crippen LogP contribution in [0.4, 0.5) is 0 Å². The molecule has 0 aromatic heterocycles. The van der Waals surface area contributed by atoms with E-state index in [0.29, 0.717) is 6.10 Å². The predicted octanol–water partition coefficient (Wildman–Crippen LogP) is 1.38. The minimum Gasteiger partial charge on any atom is -0.428 e. The molecule has 3 nitrogen and oxygen atoms in total. The molecule has 0 heterocycles. The highest BCUT2D eigenvalue weighted by atomic mass is 16.7. The maximum absolute atomic E-state index is 9.76. The van der Waals surface area contributed by atoms with Crippen LogP contribution in [0.2, 0.25) is 0 Å². The maximum atomic E-state index is 9.76. The molecule has 1 rings (SSSR count). The second-order valence-corrected chi connectivity index (χ2v) is 2.81. The van der Waals surface area contributed by atoms with E-state index in [2.05, 4.69) is 4.74 Å². The van der Waals surface area contributed by atoms with Gasteiger partial charge in [-0.05, 0) is 19.8 Å². The van der Waals surface area contributed by atoms with E-state index in [4.69, 9.17) is 4.74 Å². The van der Waals surface area contributed by atoms with Crippen molar-refractivity contribution in [3.63, 3.8) is 0 Å². The summed E-state index contributed by atoms with van der Waals surface area (Å²) in [6.45, 7) is 3.08. The smallest absolute Gasteiger partial charge is 0.419 e. The molecule has 0 bridgehead atoms. The Bertz CT molecular complexity index is 119. The Morgan fingerprint density at radius 2 is 2.09 bits per heavy atom. The number of hydrogen-bond acceptors (Lipinski definition) is 3. The quantitative estimate of drug-likeness (QED) is 0.578. The number of ether oxygens (including phenoxy) is 2. The van der Waals surface area contributed by atoms with Crippen molar-refractivity contribution in [2.45, 2.75) is 45.0 Å². The number of carbonyl (C=O) groups excluding carboxylic acids is 1. The summed E-state index contributed by atoms with van der Waals surface area (Å²) >= 11 is 0. The van der Waals surface area contributed by atoms with Crippen LogP contribution in [0.25, 0.3) is 0 Å². The Hall–Kier alpha value is -0.570. The zero-order valence-corrected chi connectivity index (χ0v) is 6.71. The molecule has 0 saturated heterocycles. The van der Waals surface area contributed by atoms with Crippen molar-refractivity contribution < 1.29 is 14.3 Å². The summed E-state index contributed by atoms with van der Waals surface area (Å²) < 4.78 is 9.84. The molecule has 1 fully saturated rings. The van der Waals surface area contributed by atoms with E-state index in [1.54, 1.807) is 6.92 Å². The molecule has 1 radical (unpaired) electrons. The van der Waals surface area contributed by atoms with Crippen LogP contribution in [0.1, 0.15) is 32.6 Å². The Labute approximate surface area is 66.7 Å². The Kier molecular flexibility index (Phi) is 3.36. The minimum atomic E-state index is -0.435. The van der Waals surface area contributed by atoms with Crippen LogP contribution in [0.15, 0.2) is 0 Å². The molecule has 0 aromatic carbocycles. The van der Waals surface area contributed by atoms with E-state index in [0.717, 1.165) is 12.8 Å². The van der Waals surface area contributed by atoms with Crippen LogP contribution in [-0.2, 0) is 14.3 Å². The van der Waals surface area contributed by atoms with Crippen LogP contribution >= 0.6 is 0 Å². The normalized spacial score (nSPS) is 21.5. The topological polar surface area (TPSA) is 35.5 Å². The molecule has 63 valence electrons. The number of hydrogen-bond donors (Lipinski definition) is 0. The molecular weight excluding hydrogens is 144 g/mol. The molecule has 0 aromatic rings. The highest BCUT2D eigenvalue weighted by Crippen LogP contribution is 2.22.